The molecule has 0 bridgehead atoms. The predicted molar refractivity (Wildman–Crippen MR) is 98.7 cm³/mol. The number of nitrogens with zero attached hydrogens (tertiary/aromatic N) is 1. The van der Waals surface area contributed by atoms with Gasteiger partial charge in [-0.05, 0) is 31.0 Å². The number of rotatable bonds is 4. The number of carbonyl (C=O) groups is 1. The van der Waals surface area contributed by atoms with E-state index in [2.05, 4.69) is 10.3 Å². The number of aliphatic hydroxyl groups is 1. The molecule has 0 atom stereocenters. The van der Waals surface area contributed by atoms with E-state index in [1.165, 1.54) is 11.3 Å². The van der Waals surface area contributed by atoms with Gasteiger partial charge in [-0.2, -0.15) is 0 Å². The fourth-order valence-electron chi connectivity index (χ4n) is 3.44. The quantitative estimate of drug-likeness (QED) is 0.802. The van der Waals surface area contributed by atoms with Gasteiger partial charge in [-0.25, -0.2) is 4.98 Å². The molecule has 0 radical (unpaired) electrons. The molecule has 0 saturated heterocycles. The zero-order valence-corrected chi connectivity index (χ0v) is 15.3. The van der Waals surface area contributed by atoms with Crippen LogP contribution in [0.4, 0.5) is 0 Å². The number of amides is 1. The molecule has 7 heteroatoms. The Morgan fingerprint density at radius 3 is 2.77 bits per heavy atom. The van der Waals surface area contributed by atoms with Gasteiger partial charge < -0.3 is 19.9 Å². The van der Waals surface area contributed by atoms with Gasteiger partial charge in [0.25, 0.3) is 5.91 Å². The van der Waals surface area contributed by atoms with Crippen molar-refractivity contribution in [2.24, 2.45) is 0 Å². The molecule has 1 saturated carbocycles. The summed E-state index contributed by atoms with van der Waals surface area (Å²) in [5.41, 5.74) is 0.109. The first-order valence-corrected chi connectivity index (χ1v) is 9.81. The topological polar surface area (TPSA) is 80.7 Å². The number of ether oxygens (including phenoxy) is 2. The Balaban J connectivity index is 1.41. The summed E-state index contributed by atoms with van der Waals surface area (Å²) in [5.74, 6) is 1.23. The molecule has 1 aliphatic carbocycles. The van der Waals surface area contributed by atoms with Crippen LogP contribution in [0.25, 0.3) is 10.6 Å². The molecule has 0 spiro atoms. The third kappa shape index (κ3) is 3.68. The van der Waals surface area contributed by atoms with Gasteiger partial charge in [-0.3, -0.25) is 4.79 Å². The van der Waals surface area contributed by atoms with Gasteiger partial charge in [0.2, 0.25) is 6.79 Å². The predicted octanol–water partition coefficient (Wildman–Crippen LogP) is 3.35. The molecule has 138 valence electrons. The Kier molecular flexibility index (Phi) is 4.82. The summed E-state index contributed by atoms with van der Waals surface area (Å²) in [6.07, 6.45) is 7.42. The van der Waals surface area contributed by atoms with Crippen molar-refractivity contribution >= 4 is 17.2 Å². The lowest BCUT2D eigenvalue weighted by Crippen LogP contribution is -2.42. The molecule has 2 heterocycles. The minimum absolute atomic E-state index is 0.188. The highest BCUT2D eigenvalue weighted by Crippen LogP contribution is 2.37. The molecule has 2 aliphatic rings. The Hall–Kier alpha value is -2.12. The van der Waals surface area contributed by atoms with Gasteiger partial charge in [-0.15, -0.1) is 11.3 Å². The van der Waals surface area contributed by atoms with Crippen molar-refractivity contribution in [3.05, 3.63) is 29.3 Å². The van der Waals surface area contributed by atoms with Crippen LogP contribution in [0.5, 0.6) is 11.5 Å². The number of hydrogen-bond donors (Lipinski definition) is 2. The summed E-state index contributed by atoms with van der Waals surface area (Å²) in [4.78, 5) is 17.3. The maximum Gasteiger partial charge on any atom is 0.263 e. The van der Waals surface area contributed by atoms with E-state index in [1.54, 1.807) is 6.20 Å². The first-order valence-electron chi connectivity index (χ1n) is 8.99. The minimum atomic E-state index is -0.781. The van der Waals surface area contributed by atoms with Crippen LogP contribution in [0.15, 0.2) is 24.4 Å². The van der Waals surface area contributed by atoms with Crippen molar-refractivity contribution in [1.82, 2.24) is 10.3 Å². The van der Waals surface area contributed by atoms with Gasteiger partial charge in [-0.1, -0.05) is 25.7 Å². The molecule has 1 aromatic carbocycles. The van der Waals surface area contributed by atoms with Gasteiger partial charge >= 0.3 is 0 Å². The van der Waals surface area contributed by atoms with Crippen molar-refractivity contribution < 1.29 is 19.4 Å². The molecule has 1 aromatic heterocycles. The zero-order chi connectivity index (χ0) is 18.0. The lowest BCUT2D eigenvalue weighted by Gasteiger charge is -2.26. The van der Waals surface area contributed by atoms with Crippen molar-refractivity contribution in [2.45, 2.75) is 44.1 Å². The molecule has 1 amide bonds. The monoisotopic (exact) mass is 374 g/mol. The van der Waals surface area contributed by atoms with Crippen LogP contribution in [0, 0.1) is 0 Å². The number of aromatic nitrogens is 1. The van der Waals surface area contributed by atoms with Crippen LogP contribution < -0.4 is 14.8 Å². The van der Waals surface area contributed by atoms with Crippen LogP contribution in [-0.2, 0) is 0 Å². The largest absolute Gasteiger partial charge is 0.454 e. The van der Waals surface area contributed by atoms with E-state index in [-0.39, 0.29) is 12.7 Å². The normalized spacial score (nSPS) is 18.3. The van der Waals surface area contributed by atoms with Gasteiger partial charge in [0, 0.05) is 12.1 Å². The first-order chi connectivity index (χ1) is 12.6. The van der Waals surface area contributed by atoms with Crippen molar-refractivity contribution in [3.63, 3.8) is 0 Å². The number of nitrogens with one attached hydrogen (secondary N) is 1. The van der Waals surface area contributed by atoms with Crippen LogP contribution >= 0.6 is 11.3 Å². The molecular formula is C19H22N2O4S. The summed E-state index contributed by atoms with van der Waals surface area (Å²) in [6.45, 7) is 0.524. The molecule has 0 unspecified atom stereocenters. The van der Waals surface area contributed by atoms with E-state index in [4.69, 9.17) is 9.47 Å². The maximum atomic E-state index is 12.5. The van der Waals surface area contributed by atoms with Crippen molar-refractivity contribution in [3.8, 4) is 22.1 Å². The average molecular weight is 374 g/mol. The number of carbonyl (C=O) groups excluding carboxylic acids is 1. The van der Waals surface area contributed by atoms with Gasteiger partial charge in [0.1, 0.15) is 9.88 Å². The van der Waals surface area contributed by atoms with E-state index < -0.39 is 5.60 Å². The highest BCUT2D eigenvalue weighted by atomic mass is 32.1. The second-order valence-electron chi connectivity index (χ2n) is 6.92. The van der Waals surface area contributed by atoms with Crippen LogP contribution in [0.3, 0.4) is 0 Å². The Morgan fingerprint density at radius 2 is 1.96 bits per heavy atom. The first kappa shape index (κ1) is 17.3. The number of thiazole rings is 1. The van der Waals surface area contributed by atoms with Crippen molar-refractivity contribution in [2.75, 3.05) is 13.3 Å². The lowest BCUT2D eigenvalue weighted by molar-refractivity contribution is 0.0247. The van der Waals surface area contributed by atoms with Crippen molar-refractivity contribution in [1.29, 1.82) is 0 Å². The highest BCUT2D eigenvalue weighted by molar-refractivity contribution is 7.16. The van der Waals surface area contributed by atoms with E-state index >= 15 is 0 Å². The van der Waals surface area contributed by atoms with Gasteiger partial charge in [0.05, 0.1) is 11.8 Å². The maximum absolute atomic E-state index is 12.5. The molecule has 2 aromatic rings. The summed E-state index contributed by atoms with van der Waals surface area (Å²) in [7, 11) is 0. The van der Waals surface area contributed by atoms with E-state index in [0.717, 1.165) is 54.8 Å². The molecule has 4 rings (SSSR count). The van der Waals surface area contributed by atoms with Crippen LogP contribution in [-0.4, -0.2) is 34.9 Å². The molecular weight excluding hydrogens is 352 g/mol. The third-order valence-electron chi connectivity index (χ3n) is 4.96. The summed E-state index contributed by atoms with van der Waals surface area (Å²) in [5, 5.41) is 14.3. The second kappa shape index (κ2) is 7.25. The Bertz CT molecular complexity index is 797. The van der Waals surface area contributed by atoms with Gasteiger partial charge in [0.15, 0.2) is 11.5 Å². The SMILES string of the molecule is O=C(NCC1(O)CCCCCC1)c1cnc(-c2ccc3c(c2)OCO3)s1. The third-order valence-corrected chi connectivity index (χ3v) is 6.01. The average Bonchev–Trinajstić information content (AvgIpc) is 3.26. The molecule has 26 heavy (non-hydrogen) atoms. The highest BCUT2D eigenvalue weighted by Gasteiger charge is 2.28. The molecule has 6 nitrogen and oxygen atoms in total. The fourth-order valence-corrected chi connectivity index (χ4v) is 4.27. The number of hydrogen-bond acceptors (Lipinski definition) is 6. The zero-order valence-electron chi connectivity index (χ0n) is 14.5. The molecule has 2 N–H and O–H groups in total. The summed E-state index contributed by atoms with van der Waals surface area (Å²) >= 11 is 1.33. The second-order valence-corrected chi connectivity index (χ2v) is 7.95. The van der Waals surface area contributed by atoms with E-state index in [1.807, 2.05) is 18.2 Å². The van der Waals surface area contributed by atoms with E-state index in [0.29, 0.717) is 17.2 Å². The van der Waals surface area contributed by atoms with E-state index in [9.17, 15) is 9.90 Å². The minimum Gasteiger partial charge on any atom is -0.454 e. The summed E-state index contributed by atoms with van der Waals surface area (Å²) < 4.78 is 10.7. The molecule has 1 aliphatic heterocycles. The number of fused-ring (bicyclic) bond motifs is 1. The Morgan fingerprint density at radius 1 is 1.19 bits per heavy atom. The fraction of sp³-hybridized carbons (Fsp3) is 0.474. The van der Waals surface area contributed by atoms with Crippen LogP contribution in [0.1, 0.15) is 48.2 Å². The molecule has 1 fully saturated rings. The Labute approximate surface area is 156 Å². The number of benzene rings is 1. The lowest BCUT2D eigenvalue weighted by atomic mass is 9.94. The standard InChI is InChI=1S/C19H22N2O4S/c22-17(21-11-19(23)7-3-1-2-4-8-19)16-10-20-18(26-16)13-5-6-14-15(9-13)25-12-24-14/h5-6,9-10,23H,1-4,7-8,11-12H2,(H,21,22). The smallest absolute Gasteiger partial charge is 0.263 e. The van der Waals surface area contributed by atoms with Crippen LogP contribution in [0.2, 0.25) is 0 Å². The summed E-state index contributed by atoms with van der Waals surface area (Å²) in [6, 6.07) is 5.62.